The van der Waals surface area contributed by atoms with Crippen LogP contribution in [0.25, 0.3) is 0 Å². The average Bonchev–Trinajstić information content (AvgIpc) is 2.74. The van der Waals surface area contributed by atoms with E-state index in [1.807, 2.05) is 6.92 Å². The van der Waals surface area contributed by atoms with Gasteiger partial charge in [0.05, 0.1) is 7.11 Å². The summed E-state index contributed by atoms with van der Waals surface area (Å²) in [5.74, 6) is -1.12. The topological polar surface area (TPSA) is 52.6 Å². The average molecular weight is 298 g/mol. The van der Waals surface area contributed by atoms with Crippen molar-refractivity contribution in [3.05, 3.63) is 0 Å². The van der Waals surface area contributed by atoms with Crippen molar-refractivity contribution in [2.75, 3.05) is 13.7 Å². The molecule has 1 fully saturated rings. The number of methoxy groups -OCH3 is 1. The van der Waals surface area contributed by atoms with Crippen LogP contribution in [-0.2, 0) is 19.1 Å². The predicted molar refractivity (Wildman–Crippen MR) is 82.1 cm³/mol. The fourth-order valence-corrected chi connectivity index (χ4v) is 3.26. The summed E-state index contributed by atoms with van der Waals surface area (Å²) >= 11 is 0. The first-order valence-electron chi connectivity index (χ1n) is 8.37. The number of hydrogen-bond acceptors (Lipinski definition) is 4. The first-order valence-corrected chi connectivity index (χ1v) is 8.37. The molecule has 122 valence electrons. The number of esters is 1. The van der Waals surface area contributed by atoms with Gasteiger partial charge >= 0.3 is 5.97 Å². The Balaban J connectivity index is 2.95. The second-order valence-electron chi connectivity index (χ2n) is 5.92. The lowest BCUT2D eigenvalue weighted by molar-refractivity contribution is -0.161. The standard InChI is InChI=1S/C17H30O4/c1-4-6-11-14(16(19)20-3)15(18)17(21-5-2)12-9-7-8-10-13-17/h14H,4-13H2,1-3H3. The van der Waals surface area contributed by atoms with Gasteiger partial charge in [0.15, 0.2) is 5.78 Å². The first kappa shape index (κ1) is 18.1. The van der Waals surface area contributed by atoms with E-state index in [4.69, 9.17) is 9.47 Å². The number of rotatable bonds is 8. The minimum atomic E-state index is -0.766. The lowest BCUT2D eigenvalue weighted by Crippen LogP contribution is -2.47. The maximum absolute atomic E-state index is 13.0. The summed E-state index contributed by atoms with van der Waals surface area (Å²) in [5, 5.41) is 0. The summed E-state index contributed by atoms with van der Waals surface area (Å²) in [7, 11) is 1.36. The molecule has 21 heavy (non-hydrogen) atoms. The van der Waals surface area contributed by atoms with Gasteiger partial charge < -0.3 is 9.47 Å². The van der Waals surface area contributed by atoms with Gasteiger partial charge in [-0.05, 0) is 26.2 Å². The molecule has 0 bridgehead atoms. The van der Waals surface area contributed by atoms with Gasteiger partial charge in [0.25, 0.3) is 0 Å². The molecule has 0 aromatic rings. The molecule has 1 aliphatic rings. The van der Waals surface area contributed by atoms with E-state index < -0.39 is 17.5 Å². The van der Waals surface area contributed by atoms with Crippen LogP contribution in [0.15, 0.2) is 0 Å². The molecule has 1 atom stereocenters. The van der Waals surface area contributed by atoms with Gasteiger partial charge in [0.1, 0.15) is 11.5 Å². The van der Waals surface area contributed by atoms with Crippen LogP contribution in [0.4, 0.5) is 0 Å². The van der Waals surface area contributed by atoms with E-state index in [2.05, 4.69) is 6.92 Å². The van der Waals surface area contributed by atoms with E-state index in [0.717, 1.165) is 51.4 Å². The van der Waals surface area contributed by atoms with Gasteiger partial charge in [-0.2, -0.15) is 0 Å². The number of ether oxygens (including phenoxy) is 2. The van der Waals surface area contributed by atoms with E-state index in [9.17, 15) is 9.59 Å². The molecular formula is C17H30O4. The summed E-state index contributed by atoms with van der Waals surface area (Å²) in [6, 6.07) is 0. The highest BCUT2D eigenvalue weighted by Crippen LogP contribution is 2.35. The Hall–Kier alpha value is -0.900. The number of ketones is 1. The molecular weight excluding hydrogens is 268 g/mol. The molecule has 0 heterocycles. The molecule has 0 N–H and O–H groups in total. The van der Waals surface area contributed by atoms with Gasteiger partial charge in [0, 0.05) is 6.61 Å². The SMILES string of the molecule is CCCCC(C(=O)OC)C(=O)C1(OCC)CCCCCC1. The lowest BCUT2D eigenvalue weighted by Gasteiger charge is -2.33. The summed E-state index contributed by atoms with van der Waals surface area (Å²) < 4.78 is 10.8. The van der Waals surface area contributed by atoms with Crippen LogP contribution in [-0.4, -0.2) is 31.1 Å². The van der Waals surface area contributed by atoms with Crippen LogP contribution in [0, 0.1) is 5.92 Å². The van der Waals surface area contributed by atoms with Crippen LogP contribution >= 0.6 is 0 Å². The van der Waals surface area contributed by atoms with Crippen LogP contribution in [0.2, 0.25) is 0 Å². The van der Waals surface area contributed by atoms with Crippen LogP contribution in [0.3, 0.4) is 0 Å². The van der Waals surface area contributed by atoms with Crippen LogP contribution in [0.1, 0.15) is 71.6 Å². The number of hydrogen-bond donors (Lipinski definition) is 0. The highest BCUT2D eigenvalue weighted by Gasteiger charge is 2.45. The largest absolute Gasteiger partial charge is 0.468 e. The quantitative estimate of drug-likeness (QED) is 0.390. The monoisotopic (exact) mass is 298 g/mol. The summed E-state index contributed by atoms with van der Waals surface area (Å²) in [5.41, 5.74) is -0.766. The summed E-state index contributed by atoms with van der Waals surface area (Å²) in [6.45, 7) is 4.48. The third kappa shape index (κ3) is 4.80. The van der Waals surface area contributed by atoms with Crippen molar-refractivity contribution < 1.29 is 19.1 Å². The van der Waals surface area contributed by atoms with Crippen LogP contribution < -0.4 is 0 Å². The number of unbranched alkanes of at least 4 members (excludes halogenated alkanes) is 1. The second-order valence-corrected chi connectivity index (χ2v) is 5.92. The van der Waals surface area contributed by atoms with Gasteiger partial charge in [0.2, 0.25) is 0 Å². The molecule has 1 saturated carbocycles. The predicted octanol–water partition coefficient (Wildman–Crippen LogP) is 3.66. The molecule has 0 radical (unpaired) electrons. The molecule has 0 amide bonds. The Labute approximate surface area is 128 Å². The molecule has 0 spiro atoms. The Kier molecular flexibility index (Phi) is 7.94. The fourth-order valence-electron chi connectivity index (χ4n) is 3.26. The molecule has 1 aliphatic carbocycles. The molecule has 0 aliphatic heterocycles. The molecule has 0 saturated heterocycles. The van der Waals surface area contributed by atoms with Gasteiger partial charge in [-0.3, -0.25) is 9.59 Å². The Morgan fingerprint density at radius 2 is 1.71 bits per heavy atom. The van der Waals surface area contributed by atoms with E-state index in [0.29, 0.717) is 13.0 Å². The third-order valence-electron chi connectivity index (χ3n) is 4.43. The van der Waals surface area contributed by atoms with Crippen molar-refractivity contribution in [1.82, 2.24) is 0 Å². The van der Waals surface area contributed by atoms with Gasteiger partial charge in [-0.15, -0.1) is 0 Å². The smallest absolute Gasteiger partial charge is 0.316 e. The molecule has 4 heteroatoms. The van der Waals surface area contributed by atoms with Crippen molar-refractivity contribution in [2.24, 2.45) is 5.92 Å². The summed E-state index contributed by atoms with van der Waals surface area (Å²) in [6.07, 6.45) is 8.12. The van der Waals surface area contributed by atoms with Crippen molar-refractivity contribution in [3.63, 3.8) is 0 Å². The maximum Gasteiger partial charge on any atom is 0.316 e. The van der Waals surface area contributed by atoms with Gasteiger partial charge in [-0.25, -0.2) is 0 Å². The minimum Gasteiger partial charge on any atom is -0.468 e. The van der Waals surface area contributed by atoms with E-state index in [-0.39, 0.29) is 5.78 Å². The second kappa shape index (κ2) is 9.19. The lowest BCUT2D eigenvalue weighted by atomic mass is 9.80. The Bertz CT molecular complexity index is 330. The van der Waals surface area contributed by atoms with Crippen LogP contribution in [0.5, 0.6) is 0 Å². The maximum atomic E-state index is 13.0. The highest BCUT2D eigenvalue weighted by atomic mass is 16.5. The first-order chi connectivity index (χ1) is 10.1. The van der Waals surface area contributed by atoms with E-state index in [1.54, 1.807) is 0 Å². The third-order valence-corrected chi connectivity index (χ3v) is 4.43. The summed E-state index contributed by atoms with van der Waals surface area (Å²) in [4.78, 5) is 25.1. The highest BCUT2D eigenvalue weighted by molar-refractivity contribution is 6.03. The molecule has 4 nitrogen and oxygen atoms in total. The van der Waals surface area contributed by atoms with Gasteiger partial charge in [-0.1, -0.05) is 45.4 Å². The Morgan fingerprint density at radius 3 is 2.19 bits per heavy atom. The van der Waals surface area contributed by atoms with Crippen molar-refractivity contribution in [2.45, 2.75) is 77.2 Å². The van der Waals surface area contributed by atoms with E-state index >= 15 is 0 Å². The normalized spacial score (nSPS) is 19.6. The zero-order chi connectivity index (χ0) is 15.7. The number of carbonyl (C=O) groups is 2. The number of carbonyl (C=O) groups excluding carboxylic acids is 2. The fraction of sp³-hybridized carbons (Fsp3) is 0.882. The van der Waals surface area contributed by atoms with E-state index in [1.165, 1.54) is 7.11 Å². The van der Waals surface area contributed by atoms with Crippen molar-refractivity contribution >= 4 is 11.8 Å². The molecule has 1 rings (SSSR count). The van der Waals surface area contributed by atoms with Crippen molar-refractivity contribution in [1.29, 1.82) is 0 Å². The number of Topliss-reactive ketones (excluding diaryl/α,β-unsaturated/α-hetero) is 1. The molecule has 0 aromatic carbocycles. The molecule has 0 aromatic heterocycles. The minimum absolute atomic E-state index is 0.0495. The zero-order valence-corrected chi connectivity index (χ0v) is 13.8. The molecule has 1 unspecified atom stereocenters. The zero-order valence-electron chi connectivity index (χ0n) is 13.8. The Morgan fingerprint density at radius 1 is 1.10 bits per heavy atom. The van der Waals surface area contributed by atoms with Crippen molar-refractivity contribution in [3.8, 4) is 0 Å².